The van der Waals surface area contributed by atoms with E-state index >= 15 is 0 Å². The minimum Gasteiger partial charge on any atom is -0.497 e. The van der Waals surface area contributed by atoms with Crippen LogP contribution in [0.15, 0.2) is 47.3 Å². The SMILES string of the molecule is COc1cccc(C(N)c2ccoc2)c1. The number of nitrogens with two attached hydrogens (primary N) is 1. The zero-order chi connectivity index (χ0) is 10.7. The van der Waals surface area contributed by atoms with E-state index < -0.39 is 0 Å². The molecule has 0 bridgehead atoms. The molecule has 2 aromatic rings. The molecule has 3 heteroatoms. The zero-order valence-electron chi connectivity index (χ0n) is 8.51. The predicted molar refractivity (Wildman–Crippen MR) is 57.7 cm³/mol. The third-order valence-electron chi connectivity index (χ3n) is 2.36. The van der Waals surface area contributed by atoms with E-state index in [0.717, 1.165) is 16.9 Å². The van der Waals surface area contributed by atoms with Gasteiger partial charge in [0.15, 0.2) is 0 Å². The van der Waals surface area contributed by atoms with Crippen LogP contribution >= 0.6 is 0 Å². The highest BCUT2D eigenvalue weighted by molar-refractivity contribution is 5.35. The van der Waals surface area contributed by atoms with Gasteiger partial charge in [0.25, 0.3) is 0 Å². The van der Waals surface area contributed by atoms with Crippen LogP contribution in [0.2, 0.25) is 0 Å². The first-order chi connectivity index (χ1) is 7.31. The number of ether oxygens (including phenoxy) is 1. The molecule has 0 aliphatic rings. The molecule has 0 saturated carbocycles. The Hall–Kier alpha value is -1.74. The first-order valence-electron chi connectivity index (χ1n) is 4.73. The molecule has 1 heterocycles. The van der Waals surface area contributed by atoms with Gasteiger partial charge in [-0.15, -0.1) is 0 Å². The van der Waals surface area contributed by atoms with E-state index in [-0.39, 0.29) is 6.04 Å². The van der Waals surface area contributed by atoms with Crippen molar-refractivity contribution >= 4 is 0 Å². The second kappa shape index (κ2) is 4.19. The van der Waals surface area contributed by atoms with Gasteiger partial charge in [0.2, 0.25) is 0 Å². The first kappa shape index (κ1) is 9.80. The van der Waals surface area contributed by atoms with Crippen molar-refractivity contribution in [2.45, 2.75) is 6.04 Å². The molecular formula is C12H13NO2. The van der Waals surface area contributed by atoms with Crippen LogP contribution in [0.25, 0.3) is 0 Å². The van der Waals surface area contributed by atoms with Gasteiger partial charge in [0, 0.05) is 5.56 Å². The molecule has 3 nitrogen and oxygen atoms in total. The normalized spacial score (nSPS) is 12.4. The standard InChI is InChI=1S/C12H13NO2/c1-14-11-4-2-3-9(7-11)12(13)10-5-6-15-8-10/h2-8,12H,13H2,1H3. The molecular weight excluding hydrogens is 190 g/mol. The van der Waals surface area contributed by atoms with Gasteiger partial charge in [-0.25, -0.2) is 0 Å². The Morgan fingerprint density at radius 3 is 2.80 bits per heavy atom. The maximum absolute atomic E-state index is 6.07. The van der Waals surface area contributed by atoms with E-state index in [2.05, 4.69) is 0 Å². The monoisotopic (exact) mass is 203 g/mol. The predicted octanol–water partition coefficient (Wildman–Crippen LogP) is 2.34. The summed E-state index contributed by atoms with van der Waals surface area (Å²) in [5.74, 6) is 0.812. The minimum atomic E-state index is -0.168. The lowest BCUT2D eigenvalue weighted by atomic mass is 10.0. The van der Waals surface area contributed by atoms with Crippen LogP contribution in [0.1, 0.15) is 17.2 Å². The molecule has 0 aliphatic carbocycles. The summed E-state index contributed by atoms with van der Waals surface area (Å²) >= 11 is 0. The summed E-state index contributed by atoms with van der Waals surface area (Å²) in [6, 6.07) is 9.42. The molecule has 0 saturated heterocycles. The molecule has 78 valence electrons. The van der Waals surface area contributed by atoms with Gasteiger partial charge in [-0.2, -0.15) is 0 Å². The second-order valence-electron chi connectivity index (χ2n) is 3.31. The zero-order valence-corrected chi connectivity index (χ0v) is 8.51. The van der Waals surface area contributed by atoms with Crippen molar-refractivity contribution in [3.8, 4) is 5.75 Å². The maximum atomic E-state index is 6.07. The van der Waals surface area contributed by atoms with Gasteiger partial charge in [0.1, 0.15) is 5.75 Å². The van der Waals surface area contributed by atoms with Crippen molar-refractivity contribution < 1.29 is 9.15 Å². The lowest BCUT2D eigenvalue weighted by Gasteiger charge is -2.10. The Balaban J connectivity index is 2.29. The summed E-state index contributed by atoms with van der Waals surface area (Å²) in [5, 5.41) is 0. The summed E-state index contributed by atoms with van der Waals surface area (Å²) in [6.07, 6.45) is 3.28. The highest BCUT2D eigenvalue weighted by Gasteiger charge is 2.10. The summed E-state index contributed by atoms with van der Waals surface area (Å²) in [5.41, 5.74) is 8.04. The van der Waals surface area contributed by atoms with Crippen molar-refractivity contribution in [2.75, 3.05) is 7.11 Å². The molecule has 0 radical (unpaired) electrons. The van der Waals surface area contributed by atoms with E-state index in [1.165, 1.54) is 0 Å². The van der Waals surface area contributed by atoms with Gasteiger partial charge >= 0.3 is 0 Å². The van der Waals surface area contributed by atoms with Crippen LogP contribution in [0.5, 0.6) is 5.75 Å². The quantitative estimate of drug-likeness (QED) is 0.832. The fourth-order valence-corrected chi connectivity index (χ4v) is 1.48. The molecule has 15 heavy (non-hydrogen) atoms. The molecule has 1 aromatic carbocycles. The Morgan fingerprint density at radius 2 is 2.13 bits per heavy atom. The van der Waals surface area contributed by atoms with Crippen molar-refractivity contribution in [3.63, 3.8) is 0 Å². The lowest BCUT2D eigenvalue weighted by Crippen LogP contribution is -2.10. The molecule has 0 amide bonds. The largest absolute Gasteiger partial charge is 0.497 e. The highest BCUT2D eigenvalue weighted by Crippen LogP contribution is 2.23. The summed E-state index contributed by atoms with van der Waals surface area (Å²) in [6.45, 7) is 0. The molecule has 1 aromatic heterocycles. The highest BCUT2D eigenvalue weighted by atomic mass is 16.5. The Morgan fingerprint density at radius 1 is 1.27 bits per heavy atom. The van der Waals surface area contributed by atoms with Crippen molar-refractivity contribution in [1.82, 2.24) is 0 Å². The maximum Gasteiger partial charge on any atom is 0.119 e. The smallest absolute Gasteiger partial charge is 0.119 e. The Kier molecular flexibility index (Phi) is 2.74. The van der Waals surface area contributed by atoms with Gasteiger partial charge < -0.3 is 14.9 Å². The third kappa shape index (κ3) is 2.02. The third-order valence-corrected chi connectivity index (χ3v) is 2.36. The number of rotatable bonds is 3. The average Bonchev–Trinajstić information content (AvgIpc) is 2.81. The average molecular weight is 203 g/mol. The summed E-state index contributed by atoms with van der Waals surface area (Å²) in [7, 11) is 1.64. The fraction of sp³-hybridized carbons (Fsp3) is 0.167. The van der Waals surface area contributed by atoms with Gasteiger partial charge in [-0.3, -0.25) is 0 Å². The van der Waals surface area contributed by atoms with Crippen LogP contribution in [-0.2, 0) is 0 Å². The van der Waals surface area contributed by atoms with Crippen LogP contribution < -0.4 is 10.5 Å². The van der Waals surface area contributed by atoms with Crippen LogP contribution in [0.4, 0.5) is 0 Å². The van der Waals surface area contributed by atoms with E-state index in [1.54, 1.807) is 19.6 Å². The molecule has 0 spiro atoms. The number of benzene rings is 1. The first-order valence-corrected chi connectivity index (χ1v) is 4.73. The van der Waals surface area contributed by atoms with Gasteiger partial charge in [-0.05, 0) is 23.8 Å². The number of hydrogen-bond acceptors (Lipinski definition) is 3. The van der Waals surface area contributed by atoms with Crippen LogP contribution in [0, 0.1) is 0 Å². The molecule has 1 unspecified atom stereocenters. The molecule has 2 rings (SSSR count). The van der Waals surface area contributed by atoms with E-state index in [4.69, 9.17) is 14.9 Å². The van der Waals surface area contributed by atoms with Crippen LogP contribution in [0.3, 0.4) is 0 Å². The van der Waals surface area contributed by atoms with E-state index in [1.807, 2.05) is 30.3 Å². The molecule has 0 fully saturated rings. The van der Waals surface area contributed by atoms with E-state index in [0.29, 0.717) is 0 Å². The summed E-state index contributed by atoms with van der Waals surface area (Å²) in [4.78, 5) is 0. The topological polar surface area (TPSA) is 48.4 Å². The fourth-order valence-electron chi connectivity index (χ4n) is 1.48. The second-order valence-corrected chi connectivity index (χ2v) is 3.31. The van der Waals surface area contributed by atoms with E-state index in [9.17, 15) is 0 Å². The van der Waals surface area contributed by atoms with Crippen molar-refractivity contribution in [2.24, 2.45) is 5.73 Å². The molecule has 2 N–H and O–H groups in total. The van der Waals surface area contributed by atoms with Crippen LogP contribution in [-0.4, -0.2) is 7.11 Å². The Bertz CT molecular complexity index is 423. The Labute approximate surface area is 88.5 Å². The van der Waals surface area contributed by atoms with Gasteiger partial charge in [-0.1, -0.05) is 12.1 Å². The molecule has 0 aliphatic heterocycles. The van der Waals surface area contributed by atoms with Crippen molar-refractivity contribution in [3.05, 3.63) is 54.0 Å². The number of hydrogen-bond donors (Lipinski definition) is 1. The van der Waals surface area contributed by atoms with Gasteiger partial charge in [0.05, 0.1) is 25.7 Å². The van der Waals surface area contributed by atoms with Crippen molar-refractivity contribution in [1.29, 1.82) is 0 Å². The molecule has 1 atom stereocenters. The lowest BCUT2D eigenvalue weighted by molar-refractivity contribution is 0.414. The number of furan rings is 1. The summed E-state index contributed by atoms with van der Waals surface area (Å²) < 4.78 is 10.1. The number of methoxy groups -OCH3 is 1. The minimum absolute atomic E-state index is 0.168.